The summed E-state index contributed by atoms with van der Waals surface area (Å²) in [6, 6.07) is 40.0. The summed E-state index contributed by atoms with van der Waals surface area (Å²) in [5, 5.41) is 2.53. The molecule has 0 aliphatic carbocycles. The number of benzene rings is 4. The van der Waals surface area contributed by atoms with E-state index in [2.05, 4.69) is 166 Å². The van der Waals surface area contributed by atoms with Gasteiger partial charge >= 0.3 is 0 Å². The van der Waals surface area contributed by atoms with Crippen molar-refractivity contribution in [1.29, 1.82) is 0 Å². The largest absolute Gasteiger partial charge is 0.355 e. The Kier molecular flexibility index (Phi) is 6.40. The van der Waals surface area contributed by atoms with Crippen LogP contribution in [-0.4, -0.2) is 23.3 Å². The molecule has 4 aromatic carbocycles. The number of para-hydroxylation sites is 3. The van der Waals surface area contributed by atoms with E-state index in [0.29, 0.717) is 0 Å². The van der Waals surface area contributed by atoms with Crippen molar-refractivity contribution < 1.29 is 0 Å². The van der Waals surface area contributed by atoms with E-state index < -0.39 is 0 Å². The highest BCUT2D eigenvalue weighted by Gasteiger charge is 2.54. The quantitative estimate of drug-likeness (QED) is 0.208. The molecule has 0 N–H and O–H groups in total. The fourth-order valence-electron chi connectivity index (χ4n) is 8.37. The van der Waals surface area contributed by atoms with Gasteiger partial charge in [-0.15, -0.1) is 0 Å². The predicted molar refractivity (Wildman–Crippen MR) is 187 cm³/mol. The molecule has 0 saturated carbocycles. The Balaban J connectivity index is 1.49. The molecule has 0 unspecified atom stereocenters. The van der Waals surface area contributed by atoms with Gasteiger partial charge in [-0.3, -0.25) is 4.98 Å². The van der Waals surface area contributed by atoms with Crippen LogP contribution in [0.4, 0.5) is 17.1 Å². The average Bonchev–Trinajstić information content (AvgIpc) is 3.51. The molecule has 0 saturated heterocycles. The Labute approximate surface area is 261 Å². The van der Waals surface area contributed by atoms with Crippen LogP contribution in [0, 0.1) is 10.8 Å². The first-order chi connectivity index (χ1) is 21.0. The Morgan fingerprint density at radius 3 is 1.98 bits per heavy atom. The molecule has 1 aliphatic rings. The fourth-order valence-corrected chi connectivity index (χ4v) is 8.37. The maximum absolute atomic E-state index is 5.03. The highest BCUT2D eigenvalue weighted by atomic mass is 15.4. The van der Waals surface area contributed by atoms with Gasteiger partial charge in [0.1, 0.15) is 0 Å². The molecule has 0 spiro atoms. The lowest BCUT2D eigenvalue weighted by Gasteiger charge is -2.54. The van der Waals surface area contributed by atoms with Gasteiger partial charge in [0.05, 0.1) is 34.8 Å². The molecule has 0 atom stereocenters. The fraction of sp³-hybridized carbons (Fsp3) is 0.275. The normalized spacial score (nSPS) is 14.1. The maximum Gasteiger partial charge on any atom is 0.0950 e. The van der Waals surface area contributed by atoms with E-state index >= 15 is 0 Å². The summed E-state index contributed by atoms with van der Waals surface area (Å²) < 4.78 is 2.46. The van der Waals surface area contributed by atoms with Crippen LogP contribution >= 0.6 is 0 Å². The lowest BCUT2D eigenvalue weighted by molar-refractivity contribution is 0.0866. The average molecular weight is 579 g/mol. The van der Waals surface area contributed by atoms with E-state index in [1.165, 1.54) is 44.4 Å². The van der Waals surface area contributed by atoms with Crippen LogP contribution in [0.3, 0.4) is 0 Å². The molecule has 1 aliphatic heterocycles. The Morgan fingerprint density at radius 2 is 1.25 bits per heavy atom. The third kappa shape index (κ3) is 4.07. The van der Waals surface area contributed by atoms with E-state index in [9.17, 15) is 0 Å². The smallest absolute Gasteiger partial charge is 0.0950 e. The molecule has 0 amide bonds. The van der Waals surface area contributed by atoms with Crippen LogP contribution in [0.1, 0.15) is 52.8 Å². The summed E-state index contributed by atoms with van der Waals surface area (Å²) in [6.45, 7) is 15.0. The van der Waals surface area contributed by atoms with Crippen molar-refractivity contribution in [2.75, 3.05) is 23.5 Å². The van der Waals surface area contributed by atoms with Crippen LogP contribution in [0.25, 0.3) is 27.5 Å². The zero-order valence-electron chi connectivity index (χ0n) is 27.0. The molecule has 222 valence electrons. The molecule has 6 aromatic rings. The molecule has 0 fully saturated rings. The van der Waals surface area contributed by atoms with Crippen molar-refractivity contribution >= 4 is 38.9 Å². The molecular weight excluding hydrogens is 536 g/mol. The van der Waals surface area contributed by atoms with Crippen molar-refractivity contribution in [1.82, 2.24) is 9.55 Å². The minimum absolute atomic E-state index is 0.112. The zero-order chi connectivity index (χ0) is 30.9. The van der Waals surface area contributed by atoms with Gasteiger partial charge in [0, 0.05) is 40.8 Å². The molecule has 4 heteroatoms. The van der Waals surface area contributed by atoms with Crippen LogP contribution in [0.15, 0.2) is 115 Å². The number of anilines is 3. The number of pyridine rings is 1. The van der Waals surface area contributed by atoms with E-state index in [-0.39, 0.29) is 16.2 Å². The second-order valence-corrected chi connectivity index (χ2v) is 14.3. The molecule has 3 heterocycles. The van der Waals surface area contributed by atoms with Crippen LogP contribution in [0.5, 0.6) is 0 Å². The van der Waals surface area contributed by atoms with E-state index in [1.54, 1.807) is 0 Å². The number of hydrogen-bond donors (Lipinski definition) is 0. The van der Waals surface area contributed by atoms with Gasteiger partial charge in [-0.1, -0.05) is 96.1 Å². The first-order valence-corrected chi connectivity index (χ1v) is 15.7. The predicted octanol–water partition coefficient (Wildman–Crippen LogP) is 10.1. The SMILES string of the molecule is CN1CN(c2cccc(-n3c4ccccc4c4ccc(C(c5ccccn5)(C(C)(C)C)C(C)(C)C)cc43)c2)c2ccccc21. The highest BCUT2D eigenvalue weighted by Crippen LogP contribution is 2.57. The zero-order valence-corrected chi connectivity index (χ0v) is 27.0. The number of aromatic nitrogens is 2. The van der Waals surface area contributed by atoms with Gasteiger partial charge in [0.15, 0.2) is 0 Å². The Hall–Kier alpha value is -4.57. The van der Waals surface area contributed by atoms with Gasteiger partial charge in [0.25, 0.3) is 0 Å². The van der Waals surface area contributed by atoms with Crippen molar-refractivity contribution in [3.63, 3.8) is 0 Å². The number of fused-ring (bicyclic) bond motifs is 4. The van der Waals surface area contributed by atoms with E-state index in [0.717, 1.165) is 18.1 Å². The monoisotopic (exact) mass is 578 g/mol. The summed E-state index contributed by atoms with van der Waals surface area (Å²) in [5.41, 5.74) is 9.11. The number of rotatable bonds is 4. The number of hydrogen-bond acceptors (Lipinski definition) is 3. The van der Waals surface area contributed by atoms with E-state index in [4.69, 9.17) is 4.98 Å². The van der Waals surface area contributed by atoms with Gasteiger partial charge in [-0.2, -0.15) is 0 Å². The van der Waals surface area contributed by atoms with Crippen LogP contribution < -0.4 is 9.80 Å². The van der Waals surface area contributed by atoms with Gasteiger partial charge in [0.2, 0.25) is 0 Å². The van der Waals surface area contributed by atoms with Crippen molar-refractivity contribution in [3.8, 4) is 5.69 Å². The molecule has 44 heavy (non-hydrogen) atoms. The van der Waals surface area contributed by atoms with Crippen molar-refractivity contribution in [3.05, 3.63) is 127 Å². The highest BCUT2D eigenvalue weighted by molar-refractivity contribution is 6.09. The van der Waals surface area contributed by atoms with Crippen molar-refractivity contribution in [2.24, 2.45) is 10.8 Å². The molecule has 0 bridgehead atoms. The van der Waals surface area contributed by atoms with E-state index in [1.807, 2.05) is 12.3 Å². The Morgan fingerprint density at radius 1 is 0.591 bits per heavy atom. The summed E-state index contributed by atoms with van der Waals surface area (Å²) >= 11 is 0. The van der Waals surface area contributed by atoms with Gasteiger partial charge < -0.3 is 14.4 Å². The molecular formula is C40H42N4. The third-order valence-electron chi connectivity index (χ3n) is 9.74. The lowest BCUT2D eigenvalue weighted by atomic mass is 9.49. The standard InChI is InChI=1S/C40H42N4/c1-38(2,3)40(39(4,5)6,37-21-12-13-24-41-37)28-22-23-32-31-17-8-9-18-33(31)44(36(32)25-28)30-16-14-15-29(26-30)43-27-42(7)34-19-10-11-20-35(34)43/h8-26H,27H2,1-7H3. The first-order valence-electron chi connectivity index (χ1n) is 15.7. The van der Waals surface area contributed by atoms with Crippen LogP contribution in [-0.2, 0) is 5.41 Å². The molecule has 4 nitrogen and oxygen atoms in total. The van der Waals surface area contributed by atoms with Gasteiger partial charge in [-0.05, 0) is 71.0 Å². The second kappa shape index (κ2) is 9.99. The van der Waals surface area contributed by atoms with Crippen LogP contribution in [0.2, 0.25) is 0 Å². The van der Waals surface area contributed by atoms with Crippen molar-refractivity contribution in [2.45, 2.75) is 47.0 Å². The first kappa shape index (κ1) is 28.2. The second-order valence-electron chi connectivity index (χ2n) is 14.3. The minimum Gasteiger partial charge on any atom is -0.355 e. The van der Waals surface area contributed by atoms with Gasteiger partial charge in [-0.25, -0.2) is 0 Å². The molecule has 7 rings (SSSR count). The summed E-state index contributed by atoms with van der Waals surface area (Å²) in [5.74, 6) is 0. The summed E-state index contributed by atoms with van der Waals surface area (Å²) in [4.78, 5) is 9.74. The minimum atomic E-state index is -0.345. The lowest BCUT2D eigenvalue weighted by Crippen LogP contribution is -2.51. The maximum atomic E-state index is 5.03. The topological polar surface area (TPSA) is 24.3 Å². The molecule has 0 radical (unpaired) electrons. The Bertz CT molecular complexity index is 1970. The summed E-state index contributed by atoms with van der Waals surface area (Å²) in [7, 11) is 2.16. The summed E-state index contributed by atoms with van der Waals surface area (Å²) in [6.07, 6.45) is 1.94. The number of nitrogens with zero attached hydrogens (tertiary/aromatic N) is 4. The molecule has 2 aromatic heterocycles. The third-order valence-corrected chi connectivity index (χ3v) is 9.74.